The highest BCUT2D eigenvalue weighted by Crippen LogP contribution is 2.25. The van der Waals surface area contributed by atoms with Gasteiger partial charge in [-0.25, -0.2) is 0 Å². The van der Waals surface area contributed by atoms with E-state index in [-0.39, 0.29) is 5.91 Å². The molecular weight excluding hydrogens is 424 g/mol. The van der Waals surface area contributed by atoms with Crippen LogP contribution in [0.2, 0.25) is 0 Å². The highest BCUT2D eigenvalue weighted by molar-refractivity contribution is 9.13. The Morgan fingerprint density at radius 2 is 1.91 bits per heavy atom. The highest BCUT2D eigenvalue weighted by atomic mass is 79.9. The van der Waals surface area contributed by atoms with Gasteiger partial charge in [0, 0.05) is 32.7 Å². The lowest BCUT2D eigenvalue weighted by atomic mass is 10.1. The monoisotopic (exact) mass is 440 g/mol. The third-order valence-corrected chi connectivity index (χ3v) is 6.06. The SMILES string of the molecule is Cc1ccccc1CN1CCN(C(=O)c2n[nH]c(Br)c2Br)CC1. The Morgan fingerprint density at radius 3 is 2.52 bits per heavy atom. The molecule has 1 amide bonds. The number of benzene rings is 1. The maximum absolute atomic E-state index is 12.5. The number of halogens is 2. The first kappa shape index (κ1) is 16.7. The van der Waals surface area contributed by atoms with E-state index in [2.05, 4.69) is 78.1 Å². The lowest BCUT2D eigenvalue weighted by molar-refractivity contribution is 0.0621. The van der Waals surface area contributed by atoms with Gasteiger partial charge in [-0.15, -0.1) is 0 Å². The predicted molar refractivity (Wildman–Crippen MR) is 96.3 cm³/mol. The summed E-state index contributed by atoms with van der Waals surface area (Å²) in [7, 11) is 0. The van der Waals surface area contributed by atoms with Gasteiger partial charge in [-0.2, -0.15) is 5.10 Å². The number of aryl methyl sites for hydroxylation is 1. The van der Waals surface area contributed by atoms with Gasteiger partial charge in [0.1, 0.15) is 4.60 Å². The van der Waals surface area contributed by atoms with Crippen LogP contribution in [0.5, 0.6) is 0 Å². The maximum Gasteiger partial charge on any atom is 0.275 e. The standard InChI is InChI=1S/C16H18Br2N4O/c1-11-4-2-3-5-12(11)10-21-6-8-22(9-7-21)16(23)14-13(17)15(18)20-19-14/h2-5H,6-10H2,1H3,(H,19,20). The van der Waals surface area contributed by atoms with Gasteiger partial charge in [-0.3, -0.25) is 14.8 Å². The second-order valence-corrected chi connectivity index (χ2v) is 7.28. The van der Waals surface area contributed by atoms with Crippen LogP contribution in [0.3, 0.4) is 0 Å². The molecule has 3 rings (SSSR count). The van der Waals surface area contributed by atoms with Crippen molar-refractivity contribution in [2.24, 2.45) is 0 Å². The third-order valence-electron chi connectivity index (χ3n) is 4.18. The minimum absolute atomic E-state index is 0.0330. The zero-order valence-corrected chi connectivity index (χ0v) is 16.0. The molecule has 5 nitrogen and oxygen atoms in total. The van der Waals surface area contributed by atoms with Crippen LogP contribution in [0.25, 0.3) is 0 Å². The van der Waals surface area contributed by atoms with E-state index in [9.17, 15) is 4.79 Å². The van der Waals surface area contributed by atoms with Gasteiger partial charge in [-0.1, -0.05) is 24.3 Å². The first-order chi connectivity index (χ1) is 11.1. The molecule has 0 unspecified atom stereocenters. The van der Waals surface area contributed by atoms with Crippen molar-refractivity contribution in [3.8, 4) is 0 Å². The molecule has 23 heavy (non-hydrogen) atoms. The molecule has 0 saturated carbocycles. The molecule has 0 aliphatic carbocycles. The molecule has 0 atom stereocenters. The zero-order chi connectivity index (χ0) is 16.4. The summed E-state index contributed by atoms with van der Waals surface area (Å²) in [6, 6.07) is 8.46. The lowest BCUT2D eigenvalue weighted by Gasteiger charge is -2.34. The first-order valence-electron chi connectivity index (χ1n) is 7.51. The molecule has 1 saturated heterocycles. The molecule has 0 spiro atoms. The summed E-state index contributed by atoms with van der Waals surface area (Å²) in [5.74, 6) is -0.0330. The van der Waals surface area contributed by atoms with E-state index < -0.39 is 0 Å². The van der Waals surface area contributed by atoms with E-state index in [0.29, 0.717) is 14.8 Å². The topological polar surface area (TPSA) is 52.2 Å². The van der Waals surface area contributed by atoms with Crippen molar-refractivity contribution in [1.29, 1.82) is 0 Å². The van der Waals surface area contributed by atoms with Gasteiger partial charge in [0.15, 0.2) is 5.69 Å². The maximum atomic E-state index is 12.5. The number of H-pyrrole nitrogens is 1. The molecule has 0 bridgehead atoms. The van der Waals surface area contributed by atoms with Gasteiger partial charge in [-0.05, 0) is 49.9 Å². The van der Waals surface area contributed by atoms with E-state index in [1.165, 1.54) is 11.1 Å². The van der Waals surface area contributed by atoms with Crippen molar-refractivity contribution in [3.63, 3.8) is 0 Å². The quantitative estimate of drug-likeness (QED) is 0.795. The molecular formula is C16H18Br2N4O. The summed E-state index contributed by atoms with van der Waals surface area (Å²) < 4.78 is 1.38. The minimum atomic E-state index is -0.0330. The average molecular weight is 442 g/mol. The second-order valence-electron chi connectivity index (χ2n) is 5.70. The Bertz CT molecular complexity index is 708. The third kappa shape index (κ3) is 3.67. The van der Waals surface area contributed by atoms with Crippen LogP contribution in [0, 0.1) is 6.92 Å². The van der Waals surface area contributed by atoms with E-state index in [4.69, 9.17) is 0 Å². The number of hydrogen-bond acceptors (Lipinski definition) is 3. The summed E-state index contributed by atoms with van der Waals surface area (Å²) in [4.78, 5) is 16.8. The fourth-order valence-electron chi connectivity index (χ4n) is 2.74. The highest BCUT2D eigenvalue weighted by Gasteiger charge is 2.26. The number of nitrogens with one attached hydrogen (secondary N) is 1. The summed E-state index contributed by atoms with van der Waals surface area (Å²) >= 11 is 6.70. The number of aromatic nitrogens is 2. The number of piperazine rings is 1. The molecule has 1 fully saturated rings. The Balaban J connectivity index is 1.59. The van der Waals surface area contributed by atoms with Crippen molar-refractivity contribution in [2.45, 2.75) is 13.5 Å². The van der Waals surface area contributed by atoms with Gasteiger partial charge in [0.25, 0.3) is 5.91 Å². The van der Waals surface area contributed by atoms with Gasteiger partial charge < -0.3 is 4.90 Å². The number of aromatic amines is 1. The summed E-state index contributed by atoms with van der Waals surface area (Å²) in [5.41, 5.74) is 3.10. The summed E-state index contributed by atoms with van der Waals surface area (Å²) in [6.45, 7) is 6.28. The van der Waals surface area contributed by atoms with Crippen molar-refractivity contribution in [2.75, 3.05) is 26.2 Å². The Labute approximate surface area is 152 Å². The molecule has 2 heterocycles. The number of hydrogen-bond donors (Lipinski definition) is 1. The fraction of sp³-hybridized carbons (Fsp3) is 0.375. The van der Waals surface area contributed by atoms with Crippen LogP contribution < -0.4 is 0 Å². The number of carbonyl (C=O) groups is 1. The Hall–Kier alpha value is -1.18. The van der Waals surface area contributed by atoms with Crippen molar-refractivity contribution in [1.82, 2.24) is 20.0 Å². The molecule has 2 aromatic rings. The van der Waals surface area contributed by atoms with Crippen LogP contribution in [-0.4, -0.2) is 52.1 Å². The number of nitrogens with zero attached hydrogens (tertiary/aromatic N) is 3. The van der Waals surface area contributed by atoms with E-state index in [0.717, 1.165) is 32.7 Å². The molecule has 1 aliphatic rings. The minimum Gasteiger partial charge on any atom is -0.335 e. The normalized spacial score (nSPS) is 15.9. The fourth-order valence-corrected chi connectivity index (χ4v) is 3.36. The van der Waals surface area contributed by atoms with E-state index >= 15 is 0 Å². The van der Waals surface area contributed by atoms with Gasteiger partial charge >= 0.3 is 0 Å². The zero-order valence-electron chi connectivity index (χ0n) is 12.9. The van der Waals surface area contributed by atoms with Crippen LogP contribution in [-0.2, 0) is 6.54 Å². The van der Waals surface area contributed by atoms with Crippen LogP contribution in [0.4, 0.5) is 0 Å². The van der Waals surface area contributed by atoms with Gasteiger partial charge in [0.2, 0.25) is 0 Å². The smallest absolute Gasteiger partial charge is 0.275 e. The number of rotatable bonds is 3. The predicted octanol–water partition coefficient (Wildman–Crippen LogP) is 3.20. The van der Waals surface area contributed by atoms with Crippen molar-refractivity contribution < 1.29 is 4.79 Å². The average Bonchev–Trinajstić information content (AvgIpc) is 2.89. The van der Waals surface area contributed by atoms with Crippen molar-refractivity contribution >= 4 is 37.8 Å². The summed E-state index contributed by atoms with van der Waals surface area (Å²) in [6.07, 6.45) is 0. The molecule has 1 aromatic carbocycles. The lowest BCUT2D eigenvalue weighted by Crippen LogP contribution is -2.48. The molecule has 1 aliphatic heterocycles. The van der Waals surface area contributed by atoms with Crippen LogP contribution >= 0.6 is 31.9 Å². The largest absolute Gasteiger partial charge is 0.335 e. The number of carbonyl (C=O) groups excluding carboxylic acids is 1. The van der Waals surface area contributed by atoms with Crippen molar-refractivity contribution in [3.05, 3.63) is 50.2 Å². The Kier molecular flexibility index (Phi) is 5.18. The molecule has 122 valence electrons. The molecule has 7 heteroatoms. The first-order valence-corrected chi connectivity index (χ1v) is 9.10. The van der Waals surface area contributed by atoms with Crippen LogP contribution in [0.15, 0.2) is 33.3 Å². The second kappa shape index (κ2) is 7.15. The molecule has 0 radical (unpaired) electrons. The number of amides is 1. The molecule has 1 N–H and O–H groups in total. The summed E-state index contributed by atoms with van der Waals surface area (Å²) in [5, 5.41) is 6.83. The van der Waals surface area contributed by atoms with E-state index in [1.807, 2.05) is 4.90 Å². The Morgan fingerprint density at radius 1 is 1.22 bits per heavy atom. The molecule has 1 aromatic heterocycles. The van der Waals surface area contributed by atoms with Gasteiger partial charge in [0.05, 0.1) is 4.47 Å². The van der Waals surface area contributed by atoms with E-state index in [1.54, 1.807) is 0 Å². The van der Waals surface area contributed by atoms with Crippen LogP contribution in [0.1, 0.15) is 21.6 Å².